The number of carbonyl (C=O) groups is 1. The summed E-state index contributed by atoms with van der Waals surface area (Å²) in [6.07, 6.45) is 4.75. The van der Waals surface area contributed by atoms with Crippen molar-refractivity contribution < 1.29 is 4.79 Å². The summed E-state index contributed by atoms with van der Waals surface area (Å²) >= 11 is 0. The number of carbonyl (C=O) groups excluding carboxylic acids is 1. The molecule has 3 heterocycles. The van der Waals surface area contributed by atoms with Crippen LogP contribution in [-0.2, 0) is 0 Å². The molecule has 0 amide bonds. The van der Waals surface area contributed by atoms with Crippen LogP contribution in [0.1, 0.15) is 21.6 Å². The summed E-state index contributed by atoms with van der Waals surface area (Å²) < 4.78 is 1.48. The van der Waals surface area contributed by atoms with Crippen LogP contribution in [-0.4, -0.2) is 30.4 Å². The van der Waals surface area contributed by atoms with Gasteiger partial charge >= 0.3 is 0 Å². The molecule has 6 heteroatoms. The van der Waals surface area contributed by atoms with E-state index in [9.17, 15) is 4.79 Å². The Morgan fingerprint density at radius 2 is 2.00 bits per heavy atom. The Hall–Kier alpha value is -3.15. The maximum atomic E-state index is 12.6. The van der Waals surface area contributed by atoms with Crippen molar-refractivity contribution in [2.45, 2.75) is 13.8 Å². The second kappa shape index (κ2) is 4.95. The van der Waals surface area contributed by atoms with Gasteiger partial charge in [-0.1, -0.05) is 12.1 Å². The van der Waals surface area contributed by atoms with E-state index in [0.29, 0.717) is 5.56 Å². The first-order chi connectivity index (χ1) is 11.1. The van der Waals surface area contributed by atoms with Gasteiger partial charge in [0.05, 0.1) is 22.3 Å². The van der Waals surface area contributed by atoms with Gasteiger partial charge in [0.25, 0.3) is 5.91 Å². The van der Waals surface area contributed by atoms with E-state index in [2.05, 4.69) is 19.9 Å². The second-order valence-electron chi connectivity index (χ2n) is 5.50. The van der Waals surface area contributed by atoms with Gasteiger partial charge in [-0.25, -0.2) is 9.97 Å². The molecule has 0 fully saturated rings. The maximum absolute atomic E-state index is 12.6. The zero-order valence-electron chi connectivity index (χ0n) is 12.8. The predicted octanol–water partition coefficient (Wildman–Crippen LogP) is 3.06. The largest absolute Gasteiger partial charge is 0.355 e. The van der Waals surface area contributed by atoms with E-state index < -0.39 is 0 Å². The number of nitrogens with one attached hydrogen (secondary N) is 2. The lowest BCUT2D eigenvalue weighted by Gasteiger charge is -2.02. The van der Waals surface area contributed by atoms with Gasteiger partial charge in [0.1, 0.15) is 6.33 Å². The van der Waals surface area contributed by atoms with Gasteiger partial charge in [0.2, 0.25) is 0 Å². The van der Waals surface area contributed by atoms with Crippen LogP contribution in [0.25, 0.3) is 22.6 Å². The van der Waals surface area contributed by atoms with Crippen LogP contribution in [0, 0.1) is 13.8 Å². The highest BCUT2D eigenvalue weighted by Gasteiger charge is 2.21. The number of H-pyrrole nitrogens is 2. The molecule has 0 aliphatic carbocycles. The summed E-state index contributed by atoms with van der Waals surface area (Å²) in [4.78, 5) is 27.8. The highest BCUT2D eigenvalue weighted by atomic mass is 16.2. The molecule has 2 N–H and O–H groups in total. The Balaban J connectivity index is 1.85. The standard InChI is InChI=1S/C17H15N5O/c1-10-14(17(23)22-8-7-18-9-22)11(2)19-15(10)16-20-12-5-3-4-6-13(12)21-16/h3-9,19H,1-2H3,(H,20,21). The minimum atomic E-state index is -0.101. The Morgan fingerprint density at radius 3 is 2.74 bits per heavy atom. The number of hydrogen-bond donors (Lipinski definition) is 2. The maximum Gasteiger partial charge on any atom is 0.265 e. The first-order valence-corrected chi connectivity index (χ1v) is 7.32. The normalized spacial score (nSPS) is 11.2. The molecule has 0 saturated carbocycles. The van der Waals surface area contributed by atoms with E-state index in [-0.39, 0.29) is 5.91 Å². The summed E-state index contributed by atoms with van der Waals surface area (Å²) in [5, 5.41) is 0. The van der Waals surface area contributed by atoms with Crippen LogP contribution in [0.3, 0.4) is 0 Å². The molecule has 1 aromatic carbocycles. The fourth-order valence-corrected chi connectivity index (χ4v) is 2.89. The van der Waals surface area contributed by atoms with Gasteiger partial charge in [-0.05, 0) is 31.5 Å². The lowest BCUT2D eigenvalue weighted by atomic mass is 10.1. The third-order valence-corrected chi connectivity index (χ3v) is 4.02. The van der Waals surface area contributed by atoms with E-state index in [1.807, 2.05) is 38.1 Å². The number of para-hydroxylation sites is 2. The monoisotopic (exact) mass is 305 g/mol. The fraction of sp³-hybridized carbons (Fsp3) is 0.118. The molecular weight excluding hydrogens is 290 g/mol. The second-order valence-corrected chi connectivity index (χ2v) is 5.50. The zero-order chi connectivity index (χ0) is 16.0. The summed E-state index contributed by atoms with van der Waals surface area (Å²) in [5.41, 5.74) is 5.05. The number of rotatable bonds is 2. The molecule has 4 aromatic rings. The van der Waals surface area contributed by atoms with Crippen molar-refractivity contribution in [3.05, 3.63) is 59.8 Å². The molecule has 0 spiro atoms. The number of imidazole rings is 2. The van der Waals surface area contributed by atoms with Crippen molar-refractivity contribution in [3.63, 3.8) is 0 Å². The number of aromatic amines is 2. The van der Waals surface area contributed by atoms with Crippen LogP contribution in [0.15, 0.2) is 43.0 Å². The van der Waals surface area contributed by atoms with Gasteiger partial charge in [-0.15, -0.1) is 0 Å². The number of aromatic nitrogens is 5. The molecule has 0 radical (unpaired) electrons. The fourth-order valence-electron chi connectivity index (χ4n) is 2.89. The van der Waals surface area contributed by atoms with E-state index >= 15 is 0 Å². The average molecular weight is 305 g/mol. The average Bonchev–Trinajstić information content (AvgIpc) is 3.25. The van der Waals surface area contributed by atoms with Crippen molar-refractivity contribution in [1.29, 1.82) is 0 Å². The first-order valence-electron chi connectivity index (χ1n) is 7.32. The molecular formula is C17H15N5O. The highest BCUT2D eigenvalue weighted by molar-refractivity contribution is 6.00. The topological polar surface area (TPSA) is 79.4 Å². The first kappa shape index (κ1) is 13.5. The Bertz CT molecular complexity index is 974. The molecule has 4 rings (SSSR count). The van der Waals surface area contributed by atoms with Gasteiger partial charge in [0.15, 0.2) is 5.82 Å². The summed E-state index contributed by atoms with van der Waals surface area (Å²) in [7, 11) is 0. The number of benzene rings is 1. The van der Waals surface area contributed by atoms with Crippen molar-refractivity contribution in [3.8, 4) is 11.5 Å². The van der Waals surface area contributed by atoms with Crippen LogP contribution in [0.4, 0.5) is 0 Å². The van der Waals surface area contributed by atoms with Crippen LogP contribution >= 0.6 is 0 Å². The zero-order valence-corrected chi connectivity index (χ0v) is 12.8. The summed E-state index contributed by atoms with van der Waals surface area (Å²) in [6.45, 7) is 3.82. The molecule has 0 aliphatic heterocycles. The van der Waals surface area contributed by atoms with Gasteiger partial charge in [-0.2, -0.15) is 0 Å². The third-order valence-electron chi connectivity index (χ3n) is 4.02. The molecule has 3 aromatic heterocycles. The number of nitrogens with zero attached hydrogens (tertiary/aromatic N) is 3. The Morgan fingerprint density at radius 1 is 1.17 bits per heavy atom. The number of hydrogen-bond acceptors (Lipinski definition) is 3. The smallest absolute Gasteiger partial charge is 0.265 e. The highest BCUT2D eigenvalue weighted by Crippen LogP contribution is 2.27. The van der Waals surface area contributed by atoms with E-state index in [4.69, 9.17) is 0 Å². The molecule has 0 saturated heterocycles. The molecule has 0 unspecified atom stereocenters. The van der Waals surface area contributed by atoms with Crippen LogP contribution in [0.2, 0.25) is 0 Å². The van der Waals surface area contributed by atoms with Crippen molar-refractivity contribution in [2.24, 2.45) is 0 Å². The lowest BCUT2D eigenvalue weighted by molar-refractivity contribution is 0.0959. The van der Waals surface area contributed by atoms with Gasteiger partial charge in [-0.3, -0.25) is 9.36 Å². The molecule has 0 bridgehead atoms. The van der Waals surface area contributed by atoms with E-state index in [1.54, 1.807) is 12.4 Å². The SMILES string of the molecule is Cc1[nH]c(-c2nc3ccccc3[nH]2)c(C)c1C(=O)n1ccnc1. The number of fused-ring (bicyclic) bond motifs is 1. The third kappa shape index (κ3) is 2.07. The van der Waals surface area contributed by atoms with Crippen molar-refractivity contribution in [2.75, 3.05) is 0 Å². The minimum absolute atomic E-state index is 0.101. The van der Waals surface area contributed by atoms with Crippen molar-refractivity contribution in [1.82, 2.24) is 24.5 Å². The van der Waals surface area contributed by atoms with Crippen LogP contribution < -0.4 is 0 Å². The summed E-state index contributed by atoms with van der Waals surface area (Å²) in [6, 6.07) is 7.85. The molecule has 23 heavy (non-hydrogen) atoms. The number of aryl methyl sites for hydroxylation is 1. The molecule has 0 aliphatic rings. The Kier molecular flexibility index (Phi) is 2.90. The minimum Gasteiger partial charge on any atom is -0.355 e. The summed E-state index contributed by atoms with van der Waals surface area (Å²) in [5.74, 6) is 0.632. The lowest BCUT2D eigenvalue weighted by Crippen LogP contribution is -2.11. The molecule has 114 valence electrons. The van der Waals surface area contributed by atoms with Gasteiger partial charge in [0, 0.05) is 18.1 Å². The predicted molar refractivity (Wildman–Crippen MR) is 87.3 cm³/mol. The van der Waals surface area contributed by atoms with Gasteiger partial charge < -0.3 is 9.97 Å². The quantitative estimate of drug-likeness (QED) is 0.597. The van der Waals surface area contributed by atoms with Crippen LogP contribution in [0.5, 0.6) is 0 Å². The van der Waals surface area contributed by atoms with Crippen molar-refractivity contribution >= 4 is 16.9 Å². The van der Waals surface area contributed by atoms with E-state index in [1.165, 1.54) is 10.9 Å². The molecule has 6 nitrogen and oxygen atoms in total. The van der Waals surface area contributed by atoms with E-state index in [0.717, 1.165) is 33.8 Å². The Labute approximate surface area is 132 Å². The molecule has 0 atom stereocenters.